The molecule has 0 aliphatic rings. The predicted molar refractivity (Wildman–Crippen MR) is 77.3 cm³/mol. The highest BCUT2D eigenvalue weighted by Gasteiger charge is 1.96. The normalized spacial score (nSPS) is 11.6. The minimum absolute atomic E-state index is 1.09. The van der Waals surface area contributed by atoms with Crippen LogP contribution in [0.2, 0.25) is 0 Å². The predicted octanol–water partition coefficient (Wildman–Crippen LogP) is 5.09. The lowest BCUT2D eigenvalue weighted by Gasteiger charge is -2.05. The smallest absolute Gasteiger partial charge is 0.0242 e. The molecule has 0 nitrogen and oxygen atoms in total. The summed E-state index contributed by atoms with van der Waals surface area (Å²) in [5.74, 6) is 0. The zero-order chi connectivity index (χ0) is 12.7. The molecule has 1 rings (SSSR count). The lowest BCUT2D eigenvalue weighted by atomic mass is 10.0. The van der Waals surface area contributed by atoms with Crippen LogP contribution in [0.1, 0.15) is 44.7 Å². The van der Waals surface area contributed by atoms with Crippen LogP contribution in [0.15, 0.2) is 48.1 Å². The van der Waals surface area contributed by atoms with Crippen LogP contribution in [-0.2, 0) is 12.8 Å². The molecule has 17 heavy (non-hydrogen) atoms. The van der Waals surface area contributed by atoms with Crippen LogP contribution in [0.25, 0.3) is 0 Å². The molecule has 0 amide bonds. The van der Waals surface area contributed by atoms with Gasteiger partial charge < -0.3 is 0 Å². The third kappa shape index (κ3) is 5.53. The van der Waals surface area contributed by atoms with Crippen LogP contribution in [0.3, 0.4) is 0 Å². The number of allylic oxidation sites excluding steroid dienone is 3. The Morgan fingerprint density at radius 1 is 1.00 bits per heavy atom. The number of rotatable bonds is 6. The minimum atomic E-state index is 1.09. The second-order valence-corrected chi connectivity index (χ2v) is 4.91. The first kappa shape index (κ1) is 13.8. The quantitative estimate of drug-likeness (QED) is 0.595. The standard InChI is InChI=1S/C17H24/c1-5-15(4)7-9-17-12-10-16(11-13-17)8-6-14(2)3/h5,10-13H,2,6-9H2,1,3-4H3/b15-5+. The molecule has 0 spiro atoms. The highest BCUT2D eigenvalue weighted by atomic mass is 14.0. The highest BCUT2D eigenvalue weighted by molar-refractivity contribution is 5.24. The van der Waals surface area contributed by atoms with Crippen LogP contribution < -0.4 is 0 Å². The van der Waals surface area contributed by atoms with Crippen molar-refractivity contribution in [1.29, 1.82) is 0 Å². The van der Waals surface area contributed by atoms with E-state index in [4.69, 9.17) is 0 Å². The summed E-state index contributed by atoms with van der Waals surface area (Å²) in [4.78, 5) is 0. The van der Waals surface area contributed by atoms with Gasteiger partial charge in [-0.25, -0.2) is 0 Å². The monoisotopic (exact) mass is 228 g/mol. The van der Waals surface area contributed by atoms with E-state index in [0.717, 1.165) is 19.3 Å². The van der Waals surface area contributed by atoms with Gasteiger partial charge in [-0.15, -0.1) is 6.58 Å². The molecule has 0 heterocycles. The Balaban J connectivity index is 2.47. The highest BCUT2D eigenvalue weighted by Crippen LogP contribution is 2.12. The fraction of sp³-hybridized carbons (Fsp3) is 0.412. The van der Waals surface area contributed by atoms with Crippen molar-refractivity contribution in [3.05, 3.63) is 59.2 Å². The van der Waals surface area contributed by atoms with Gasteiger partial charge in [-0.3, -0.25) is 0 Å². The van der Waals surface area contributed by atoms with E-state index in [9.17, 15) is 0 Å². The molecular weight excluding hydrogens is 204 g/mol. The Morgan fingerprint density at radius 2 is 1.47 bits per heavy atom. The van der Waals surface area contributed by atoms with Gasteiger partial charge in [-0.1, -0.05) is 41.5 Å². The number of hydrogen-bond acceptors (Lipinski definition) is 0. The summed E-state index contributed by atoms with van der Waals surface area (Å²) in [6.45, 7) is 10.3. The van der Waals surface area contributed by atoms with Crippen molar-refractivity contribution in [3.63, 3.8) is 0 Å². The van der Waals surface area contributed by atoms with Crippen molar-refractivity contribution in [1.82, 2.24) is 0 Å². The van der Waals surface area contributed by atoms with Crippen molar-refractivity contribution in [3.8, 4) is 0 Å². The van der Waals surface area contributed by atoms with E-state index in [2.05, 4.69) is 57.7 Å². The maximum absolute atomic E-state index is 3.94. The first-order chi connectivity index (χ1) is 8.11. The Bertz CT molecular complexity index is 379. The van der Waals surface area contributed by atoms with Crippen molar-refractivity contribution >= 4 is 0 Å². The molecule has 0 bridgehead atoms. The van der Waals surface area contributed by atoms with Crippen LogP contribution in [0.4, 0.5) is 0 Å². The van der Waals surface area contributed by atoms with Gasteiger partial charge in [0.2, 0.25) is 0 Å². The molecule has 0 unspecified atom stereocenters. The molecule has 0 N–H and O–H groups in total. The first-order valence-electron chi connectivity index (χ1n) is 6.46. The second-order valence-electron chi connectivity index (χ2n) is 4.91. The molecule has 0 radical (unpaired) electrons. The van der Waals surface area contributed by atoms with Crippen molar-refractivity contribution in [2.75, 3.05) is 0 Å². The van der Waals surface area contributed by atoms with E-state index in [0.29, 0.717) is 0 Å². The van der Waals surface area contributed by atoms with E-state index < -0.39 is 0 Å². The third-order valence-corrected chi connectivity index (χ3v) is 3.16. The number of hydrogen-bond donors (Lipinski definition) is 0. The summed E-state index contributed by atoms with van der Waals surface area (Å²) in [6.07, 6.45) is 6.72. The van der Waals surface area contributed by atoms with E-state index in [1.54, 1.807) is 0 Å². The van der Waals surface area contributed by atoms with Crippen molar-refractivity contribution in [2.24, 2.45) is 0 Å². The lowest BCUT2D eigenvalue weighted by molar-refractivity contribution is 0.923. The maximum atomic E-state index is 3.94. The first-order valence-corrected chi connectivity index (χ1v) is 6.46. The van der Waals surface area contributed by atoms with Crippen LogP contribution in [0.5, 0.6) is 0 Å². The van der Waals surface area contributed by atoms with Gasteiger partial charge >= 0.3 is 0 Å². The summed E-state index contributed by atoms with van der Waals surface area (Å²) in [6, 6.07) is 9.03. The molecular formula is C17H24. The molecule has 0 fully saturated rings. The third-order valence-electron chi connectivity index (χ3n) is 3.16. The molecule has 1 aromatic rings. The lowest BCUT2D eigenvalue weighted by Crippen LogP contribution is -1.89. The Hall–Kier alpha value is -1.30. The summed E-state index contributed by atoms with van der Waals surface area (Å²) >= 11 is 0. The summed E-state index contributed by atoms with van der Waals surface area (Å²) in [5, 5.41) is 0. The number of aryl methyl sites for hydroxylation is 2. The van der Waals surface area contributed by atoms with Gasteiger partial charge in [0, 0.05) is 0 Å². The SMILES string of the molecule is C=C(C)CCc1ccc(CC/C(C)=C/C)cc1. The maximum Gasteiger partial charge on any atom is -0.0242 e. The zero-order valence-corrected chi connectivity index (χ0v) is 11.4. The van der Waals surface area contributed by atoms with Gasteiger partial charge in [0.1, 0.15) is 0 Å². The van der Waals surface area contributed by atoms with Gasteiger partial charge in [0.25, 0.3) is 0 Å². The van der Waals surface area contributed by atoms with Crippen molar-refractivity contribution < 1.29 is 0 Å². The van der Waals surface area contributed by atoms with E-state index in [-0.39, 0.29) is 0 Å². The molecule has 0 heteroatoms. The molecule has 0 saturated carbocycles. The van der Waals surface area contributed by atoms with Crippen LogP contribution in [0, 0.1) is 0 Å². The van der Waals surface area contributed by atoms with Crippen LogP contribution >= 0.6 is 0 Å². The molecule has 0 aliphatic carbocycles. The topological polar surface area (TPSA) is 0 Å². The van der Waals surface area contributed by atoms with E-state index in [1.165, 1.54) is 28.7 Å². The van der Waals surface area contributed by atoms with E-state index in [1.807, 2.05) is 0 Å². The van der Waals surface area contributed by atoms with Gasteiger partial charge in [-0.05, 0) is 57.6 Å². The molecule has 92 valence electrons. The average Bonchev–Trinajstić information content (AvgIpc) is 2.34. The largest absolute Gasteiger partial charge is 0.100 e. The van der Waals surface area contributed by atoms with Crippen molar-refractivity contribution in [2.45, 2.75) is 46.5 Å². The molecule has 0 aliphatic heterocycles. The average molecular weight is 228 g/mol. The molecule has 0 atom stereocenters. The van der Waals surface area contributed by atoms with Gasteiger partial charge in [0.15, 0.2) is 0 Å². The number of benzene rings is 1. The Kier molecular flexibility index (Phi) is 5.76. The second kappa shape index (κ2) is 7.11. The van der Waals surface area contributed by atoms with Gasteiger partial charge in [-0.2, -0.15) is 0 Å². The molecule has 1 aromatic carbocycles. The zero-order valence-electron chi connectivity index (χ0n) is 11.4. The molecule has 0 aromatic heterocycles. The fourth-order valence-corrected chi connectivity index (χ4v) is 1.72. The van der Waals surface area contributed by atoms with E-state index >= 15 is 0 Å². The summed E-state index contributed by atoms with van der Waals surface area (Å²) in [5.41, 5.74) is 5.58. The minimum Gasteiger partial charge on any atom is -0.100 e. The summed E-state index contributed by atoms with van der Waals surface area (Å²) in [7, 11) is 0. The molecule has 0 saturated heterocycles. The Morgan fingerprint density at radius 3 is 1.88 bits per heavy atom. The summed E-state index contributed by atoms with van der Waals surface area (Å²) < 4.78 is 0. The van der Waals surface area contributed by atoms with Gasteiger partial charge in [0.05, 0.1) is 0 Å². The fourth-order valence-electron chi connectivity index (χ4n) is 1.72. The Labute approximate surface area is 106 Å². The van der Waals surface area contributed by atoms with Crippen LogP contribution in [-0.4, -0.2) is 0 Å².